The van der Waals surface area contributed by atoms with Crippen LogP contribution in [0.1, 0.15) is 20.8 Å². The van der Waals surface area contributed by atoms with Crippen LogP contribution in [0.25, 0.3) is 0 Å². The van der Waals surface area contributed by atoms with Crippen molar-refractivity contribution >= 4 is 45.8 Å². The molecule has 2 atom stereocenters. The SMILES string of the molecule is CC(C)C(=O)CSCC(N)C(=O)C(C)SS. The van der Waals surface area contributed by atoms with Crippen LogP contribution < -0.4 is 5.73 Å². The lowest BCUT2D eigenvalue weighted by atomic mass is 10.1. The summed E-state index contributed by atoms with van der Waals surface area (Å²) >= 11 is 5.40. The van der Waals surface area contributed by atoms with Gasteiger partial charge in [-0.05, 0) is 6.92 Å². The number of Topliss-reactive ketones (excluding diaryl/α,β-unsaturated/α-hetero) is 2. The van der Waals surface area contributed by atoms with E-state index in [4.69, 9.17) is 5.73 Å². The Labute approximate surface area is 110 Å². The molecule has 6 heteroatoms. The first-order valence-corrected chi connectivity index (χ1v) is 8.18. The number of hydrogen-bond donors (Lipinski definition) is 2. The second-order valence-electron chi connectivity index (χ2n) is 3.89. The quantitative estimate of drug-likeness (QED) is 0.525. The molecule has 0 aromatic heterocycles. The van der Waals surface area contributed by atoms with Crippen molar-refractivity contribution in [3.05, 3.63) is 0 Å². The Bertz CT molecular complexity index is 246. The lowest BCUT2D eigenvalue weighted by molar-refractivity contribution is -0.120. The van der Waals surface area contributed by atoms with E-state index in [1.807, 2.05) is 13.8 Å². The zero-order chi connectivity index (χ0) is 12.7. The van der Waals surface area contributed by atoms with E-state index in [-0.39, 0.29) is 22.7 Å². The molecule has 3 nitrogen and oxygen atoms in total. The van der Waals surface area contributed by atoms with Gasteiger partial charge in [-0.15, -0.1) is 11.7 Å². The third-order valence-corrected chi connectivity index (χ3v) is 4.69. The van der Waals surface area contributed by atoms with Gasteiger partial charge in [-0.25, -0.2) is 0 Å². The number of ketones is 2. The second kappa shape index (κ2) is 8.44. The molecule has 2 unspecified atom stereocenters. The summed E-state index contributed by atoms with van der Waals surface area (Å²) in [6.07, 6.45) is 0. The molecule has 0 fully saturated rings. The number of thiol groups is 1. The van der Waals surface area contributed by atoms with Gasteiger partial charge in [0.2, 0.25) is 0 Å². The number of carbonyl (C=O) groups excluding carboxylic acids is 2. The van der Waals surface area contributed by atoms with E-state index in [1.165, 1.54) is 22.6 Å². The van der Waals surface area contributed by atoms with Crippen molar-refractivity contribution in [2.24, 2.45) is 11.7 Å². The van der Waals surface area contributed by atoms with E-state index in [0.717, 1.165) is 0 Å². The molecule has 0 aliphatic rings. The van der Waals surface area contributed by atoms with Crippen molar-refractivity contribution in [1.29, 1.82) is 0 Å². The fourth-order valence-electron chi connectivity index (χ4n) is 0.889. The van der Waals surface area contributed by atoms with Crippen LogP contribution in [0.5, 0.6) is 0 Å². The molecule has 0 aliphatic carbocycles. The molecule has 0 amide bonds. The molecule has 0 aromatic carbocycles. The van der Waals surface area contributed by atoms with E-state index in [0.29, 0.717) is 11.5 Å². The first-order valence-electron chi connectivity index (χ1n) is 5.10. The van der Waals surface area contributed by atoms with E-state index in [9.17, 15) is 9.59 Å². The first kappa shape index (κ1) is 16.4. The highest BCUT2D eigenvalue weighted by atomic mass is 33.1. The predicted molar refractivity (Wildman–Crippen MR) is 76.2 cm³/mol. The normalized spacial score (nSPS) is 14.9. The minimum atomic E-state index is -0.500. The Hall–Kier alpha value is 0.350. The maximum Gasteiger partial charge on any atom is 0.163 e. The molecule has 0 aromatic rings. The van der Waals surface area contributed by atoms with Gasteiger partial charge >= 0.3 is 0 Å². The smallest absolute Gasteiger partial charge is 0.163 e. The Morgan fingerprint density at radius 3 is 2.31 bits per heavy atom. The molecule has 0 bridgehead atoms. The summed E-state index contributed by atoms with van der Waals surface area (Å²) in [6, 6.07) is -0.500. The van der Waals surface area contributed by atoms with Crippen LogP contribution >= 0.6 is 34.2 Å². The molecule has 0 radical (unpaired) electrons. The van der Waals surface area contributed by atoms with E-state index < -0.39 is 6.04 Å². The van der Waals surface area contributed by atoms with Crippen molar-refractivity contribution in [3.63, 3.8) is 0 Å². The summed E-state index contributed by atoms with van der Waals surface area (Å²) in [6.45, 7) is 5.52. The number of nitrogens with two attached hydrogens (primary N) is 1. The van der Waals surface area contributed by atoms with Crippen LogP contribution in [-0.4, -0.2) is 34.4 Å². The van der Waals surface area contributed by atoms with Gasteiger partial charge in [0.05, 0.1) is 17.0 Å². The van der Waals surface area contributed by atoms with Gasteiger partial charge in [-0.2, -0.15) is 11.8 Å². The highest BCUT2D eigenvalue weighted by Gasteiger charge is 2.20. The number of hydrogen-bond acceptors (Lipinski definition) is 6. The van der Waals surface area contributed by atoms with Crippen molar-refractivity contribution in [2.45, 2.75) is 32.1 Å². The molecule has 0 rings (SSSR count). The minimum Gasteiger partial charge on any atom is -0.321 e. The molecular formula is C10H19NO2S3. The van der Waals surface area contributed by atoms with Crippen molar-refractivity contribution in [1.82, 2.24) is 0 Å². The topological polar surface area (TPSA) is 60.2 Å². The third kappa shape index (κ3) is 6.18. The third-order valence-electron chi connectivity index (χ3n) is 2.11. The Morgan fingerprint density at radius 1 is 1.31 bits per heavy atom. The van der Waals surface area contributed by atoms with Crippen LogP contribution in [0.4, 0.5) is 0 Å². The zero-order valence-electron chi connectivity index (χ0n) is 9.80. The van der Waals surface area contributed by atoms with E-state index in [1.54, 1.807) is 6.92 Å². The molecule has 2 N–H and O–H groups in total. The standard InChI is InChI=1S/C10H19NO2S3/c1-6(2)9(12)5-15-4-8(11)10(13)7(3)16-14/h6-8,14H,4-5,11H2,1-3H3. The molecular weight excluding hydrogens is 262 g/mol. The van der Waals surface area contributed by atoms with Crippen LogP contribution in [-0.2, 0) is 9.59 Å². The molecule has 0 saturated heterocycles. The largest absolute Gasteiger partial charge is 0.321 e. The van der Waals surface area contributed by atoms with Gasteiger partial charge in [-0.1, -0.05) is 24.6 Å². The van der Waals surface area contributed by atoms with Gasteiger partial charge < -0.3 is 5.73 Å². The van der Waals surface area contributed by atoms with Crippen LogP contribution in [0.3, 0.4) is 0 Å². The predicted octanol–water partition coefficient (Wildman–Crippen LogP) is 1.81. The van der Waals surface area contributed by atoms with Crippen LogP contribution in [0.2, 0.25) is 0 Å². The maximum absolute atomic E-state index is 11.6. The molecule has 0 spiro atoms. The highest BCUT2D eigenvalue weighted by molar-refractivity contribution is 8.69. The average molecular weight is 281 g/mol. The Balaban J connectivity index is 3.86. The van der Waals surface area contributed by atoms with Gasteiger partial charge in [0.15, 0.2) is 5.78 Å². The van der Waals surface area contributed by atoms with E-state index >= 15 is 0 Å². The fraction of sp³-hybridized carbons (Fsp3) is 0.800. The van der Waals surface area contributed by atoms with Gasteiger partial charge in [0.1, 0.15) is 5.78 Å². The Kier molecular flexibility index (Phi) is 8.63. The number of rotatable bonds is 8. The van der Waals surface area contributed by atoms with Crippen molar-refractivity contribution < 1.29 is 9.59 Å². The molecule has 94 valence electrons. The second-order valence-corrected chi connectivity index (χ2v) is 6.47. The van der Waals surface area contributed by atoms with Crippen molar-refractivity contribution in [2.75, 3.05) is 11.5 Å². The van der Waals surface area contributed by atoms with Crippen LogP contribution in [0, 0.1) is 5.92 Å². The average Bonchev–Trinajstić information content (AvgIpc) is 2.26. The lowest BCUT2D eigenvalue weighted by Gasteiger charge is -2.13. The summed E-state index contributed by atoms with van der Waals surface area (Å²) in [4.78, 5) is 22.9. The summed E-state index contributed by atoms with van der Waals surface area (Å²) in [7, 11) is 1.19. The molecule has 0 saturated carbocycles. The number of carbonyl (C=O) groups is 2. The summed E-state index contributed by atoms with van der Waals surface area (Å²) < 4.78 is 0. The minimum absolute atomic E-state index is 0.00973. The summed E-state index contributed by atoms with van der Waals surface area (Å²) in [5, 5.41) is -0.195. The van der Waals surface area contributed by atoms with Gasteiger partial charge in [0.25, 0.3) is 0 Å². The number of thioether (sulfide) groups is 1. The fourth-order valence-corrected chi connectivity index (χ4v) is 2.55. The zero-order valence-corrected chi connectivity index (χ0v) is 12.3. The van der Waals surface area contributed by atoms with Gasteiger partial charge in [0, 0.05) is 11.7 Å². The maximum atomic E-state index is 11.6. The van der Waals surface area contributed by atoms with Crippen molar-refractivity contribution in [3.8, 4) is 0 Å². The lowest BCUT2D eigenvalue weighted by Crippen LogP contribution is -2.38. The Morgan fingerprint density at radius 2 is 1.88 bits per heavy atom. The summed E-state index contributed by atoms with van der Waals surface area (Å²) in [5.41, 5.74) is 5.73. The first-order chi connectivity index (χ1) is 7.40. The molecule has 16 heavy (non-hydrogen) atoms. The van der Waals surface area contributed by atoms with Gasteiger partial charge in [-0.3, -0.25) is 9.59 Å². The monoisotopic (exact) mass is 281 g/mol. The van der Waals surface area contributed by atoms with E-state index in [2.05, 4.69) is 11.7 Å². The highest BCUT2D eigenvalue weighted by Crippen LogP contribution is 2.17. The molecule has 0 aliphatic heterocycles. The van der Waals surface area contributed by atoms with Crippen LogP contribution in [0.15, 0.2) is 0 Å². The molecule has 0 heterocycles. The summed E-state index contributed by atoms with van der Waals surface area (Å²) in [5.74, 6) is 1.16.